The molecule has 0 bridgehead atoms. The summed E-state index contributed by atoms with van der Waals surface area (Å²) in [7, 11) is 0. The Balaban J connectivity index is 1.80. The van der Waals surface area contributed by atoms with Crippen molar-refractivity contribution in [3.63, 3.8) is 0 Å². The van der Waals surface area contributed by atoms with Gasteiger partial charge in [0, 0.05) is 42.2 Å². The lowest BCUT2D eigenvalue weighted by molar-refractivity contribution is -0.133. The Hall–Kier alpha value is -2.61. The number of nitrogens with zero attached hydrogens (tertiary/aromatic N) is 5. The molecule has 1 atom stereocenters. The summed E-state index contributed by atoms with van der Waals surface area (Å²) >= 11 is 0. The number of aryl methyl sites for hydroxylation is 3. The van der Waals surface area contributed by atoms with Gasteiger partial charge in [0.1, 0.15) is 18.2 Å². The maximum atomic E-state index is 11.6. The van der Waals surface area contributed by atoms with Crippen LogP contribution >= 0.6 is 0 Å². The Bertz CT molecular complexity index is 774. The largest absolute Gasteiger partial charge is 0.387 e. The third kappa shape index (κ3) is 4.08. The Morgan fingerprint density at radius 3 is 2.52 bits per heavy atom. The van der Waals surface area contributed by atoms with E-state index in [2.05, 4.69) is 25.3 Å². The van der Waals surface area contributed by atoms with Crippen LogP contribution in [0, 0.1) is 20.8 Å². The van der Waals surface area contributed by atoms with Crippen molar-refractivity contribution in [3.8, 4) is 0 Å². The normalized spacial score (nSPS) is 17.0. The molecule has 0 saturated carbocycles. The molecule has 0 aromatic carbocycles. The fourth-order valence-corrected chi connectivity index (χ4v) is 3.03. The van der Waals surface area contributed by atoms with Gasteiger partial charge in [-0.1, -0.05) is 0 Å². The molecule has 132 valence electrons. The van der Waals surface area contributed by atoms with Crippen LogP contribution in [0.3, 0.4) is 0 Å². The molecule has 2 N–H and O–H groups in total. The number of nitrogens with one attached hydrogen (secondary N) is 1. The molecule has 0 spiro atoms. The van der Waals surface area contributed by atoms with E-state index in [1.807, 2.05) is 32.9 Å². The molecule has 25 heavy (non-hydrogen) atoms. The van der Waals surface area contributed by atoms with Crippen LogP contribution < -0.4 is 5.32 Å². The first-order valence-electron chi connectivity index (χ1n) is 8.28. The first-order chi connectivity index (χ1) is 11.9. The Labute approximate surface area is 146 Å². The zero-order valence-electron chi connectivity index (χ0n) is 14.7. The zero-order chi connectivity index (χ0) is 18.0. The van der Waals surface area contributed by atoms with Gasteiger partial charge in [0.25, 0.3) is 0 Å². The monoisotopic (exact) mass is 342 g/mol. The van der Waals surface area contributed by atoms with Crippen LogP contribution in [0.2, 0.25) is 0 Å². The smallest absolute Gasteiger partial charge is 0.248 e. The molecular weight excluding hydrogens is 320 g/mol. The average Bonchev–Trinajstić information content (AvgIpc) is 3.02. The number of likely N-dealkylation sites (tertiary alicyclic amines) is 1. The molecule has 1 fully saturated rings. The van der Waals surface area contributed by atoms with Crippen LogP contribution in [0.25, 0.3) is 0 Å². The maximum Gasteiger partial charge on any atom is 0.248 e. The minimum absolute atomic E-state index is 0.0658. The Kier molecular flexibility index (Phi) is 4.89. The maximum absolute atomic E-state index is 11.6. The summed E-state index contributed by atoms with van der Waals surface area (Å²) in [4.78, 5) is 31.1. The van der Waals surface area contributed by atoms with Crippen LogP contribution in [-0.4, -0.2) is 55.5 Å². The van der Waals surface area contributed by atoms with E-state index in [4.69, 9.17) is 5.11 Å². The molecule has 2 aromatic rings. The number of aliphatic hydroxyl groups excluding tert-OH is 1. The van der Waals surface area contributed by atoms with Crippen LogP contribution in [0.5, 0.6) is 0 Å². The summed E-state index contributed by atoms with van der Waals surface area (Å²) in [5.74, 6) is 1.65. The van der Waals surface area contributed by atoms with E-state index in [0.717, 1.165) is 23.5 Å². The molecule has 3 rings (SSSR count). The van der Waals surface area contributed by atoms with Gasteiger partial charge in [-0.05, 0) is 33.3 Å². The molecule has 8 nitrogen and oxygen atoms in total. The summed E-state index contributed by atoms with van der Waals surface area (Å²) in [6, 6.07) is 3.75. The number of carbonyl (C=O) groups is 1. The highest BCUT2D eigenvalue weighted by atomic mass is 16.3. The van der Waals surface area contributed by atoms with E-state index in [-0.39, 0.29) is 11.8 Å². The number of hydrogen-bond donors (Lipinski definition) is 2. The molecule has 1 saturated heterocycles. The number of aromatic nitrogens is 4. The predicted molar refractivity (Wildman–Crippen MR) is 92.6 cm³/mol. The van der Waals surface area contributed by atoms with E-state index >= 15 is 0 Å². The van der Waals surface area contributed by atoms with Crippen molar-refractivity contribution in [2.45, 2.75) is 33.1 Å². The SMILES string of the molecule is Cc1cc(C)nc(Nc2cc(C)nc([C@H]3CCN(C(=O)CO)C3)n2)n1. The number of amides is 1. The molecule has 2 aromatic heterocycles. The second kappa shape index (κ2) is 7.10. The molecule has 1 amide bonds. The van der Waals surface area contributed by atoms with Crippen LogP contribution in [-0.2, 0) is 4.79 Å². The first kappa shape index (κ1) is 17.2. The fraction of sp³-hybridized carbons (Fsp3) is 0.471. The molecule has 0 unspecified atom stereocenters. The molecule has 3 heterocycles. The number of anilines is 2. The molecule has 1 aliphatic heterocycles. The van der Waals surface area contributed by atoms with Gasteiger partial charge < -0.3 is 15.3 Å². The van der Waals surface area contributed by atoms with E-state index < -0.39 is 6.61 Å². The summed E-state index contributed by atoms with van der Waals surface area (Å²) in [6.45, 7) is 6.43. The van der Waals surface area contributed by atoms with Crippen LogP contribution in [0.4, 0.5) is 11.8 Å². The lowest BCUT2D eigenvalue weighted by Gasteiger charge is -2.15. The van der Waals surface area contributed by atoms with Gasteiger partial charge >= 0.3 is 0 Å². The standard InChI is InChI=1S/C17H22N6O2/c1-10-6-11(2)20-17(19-10)22-14-7-12(3)18-16(21-14)13-4-5-23(8-13)15(25)9-24/h6-7,13,24H,4-5,8-9H2,1-3H3,(H,18,19,20,21,22)/t13-/m0/s1. The van der Waals surface area contributed by atoms with E-state index in [1.165, 1.54) is 0 Å². The summed E-state index contributed by atoms with van der Waals surface area (Å²) in [6.07, 6.45) is 0.786. The minimum Gasteiger partial charge on any atom is -0.387 e. The van der Waals surface area contributed by atoms with Crippen molar-refractivity contribution in [2.24, 2.45) is 0 Å². The first-order valence-corrected chi connectivity index (χ1v) is 8.28. The predicted octanol–water partition coefficient (Wildman–Crippen LogP) is 1.24. The highest BCUT2D eigenvalue weighted by molar-refractivity contribution is 5.77. The van der Waals surface area contributed by atoms with Crippen molar-refractivity contribution < 1.29 is 9.90 Å². The van der Waals surface area contributed by atoms with Crippen molar-refractivity contribution in [3.05, 3.63) is 35.0 Å². The van der Waals surface area contributed by atoms with Gasteiger partial charge in [0.15, 0.2) is 0 Å². The Morgan fingerprint density at radius 2 is 1.84 bits per heavy atom. The number of hydrogen-bond acceptors (Lipinski definition) is 7. The summed E-state index contributed by atoms with van der Waals surface area (Å²) < 4.78 is 0. The van der Waals surface area contributed by atoms with Gasteiger partial charge in [-0.15, -0.1) is 0 Å². The second-order valence-corrected chi connectivity index (χ2v) is 6.34. The van der Waals surface area contributed by atoms with Crippen LogP contribution in [0.15, 0.2) is 12.1 Å². The van der Waals surface area contributed by atoms with Gasteiger partial charge in [0.05, 0.1) is 0 Å². The number of aliphatic hydroxyl groups is 1. The van der Waals surface area contributed by atoms with Crippen molar-refractivity contribution in [1.29, 1.82) is 0 Å². The van der Waals surface area contributed by atoms with Gasteiger partial charge in [-0.2, -0.15) is 0 Å². The topological polar surface area (TPSA) is 104 Å². The number of carbonyl (C=O) groups excluding carboxylic acids is 1. The highest BCUT2D eigenvalue weighted by Crippen LogP contribution is 2.26. The van der Waals surface area contributed by atoms with Crippen LogP contribution in [0.1, 0.15) is 35.2 Å². The average molecular weight is 342 g/mol. The second-order valence-electron chi connectivity index (χ2n) is 6.34. The molecule has 0 aliphatic carbocycles. The lowest BCUT2D eigenvalue weighted by Crippen LogP contribution is -2.30. The molecule has 8 heteroatoms. The lowest BCUT2D eigenvalue weighted by atomic mass is 10.1. The third-order valence-corrected chi connectivity index (χ3v) is 4.14. The number of rotatable bonds is 4. The summed E-state index contributed by atoms with van der Waals surface area (Å²) in [5.41, 5.74) is 2.61. The van der Waals surface area contributed by atoms with Crippen molar-refractivity contribution in [1.82, 2.24) is 24.8 Å². The quantitative estimate of drug-likeness (QED) is 0.861. The molecular formula is C17H22N6O2. The minimum atomic E-state index is -0.460. The molecule has 1 aliphatic rings. The van der Waals surface area contributed by atoms with E-state index in [1.54, 1.807) is 4.90 Å². The molecule has 0 radical (unpaired) electrons. The van der Waals surface area contributed by atoms with E-state index in [9.17, 15) is 4.79 Å². The fourth-order valence-electron chi connectivity index (χ4n) is 3.03. The van der Waals surface area contributed by atoms with Gasteiger partial charge in [-0.3, -0.25) is 4.79 Å². The highest BCUT2D eigenvalue weighted by Gasteiger charge is 2.29. The van der Waals surface area contributed by atoms with Crippen molar-refractivity contribution >= 4 is 17.7 Å². The third-order valence-electron chi connectivity index (χ3n) is 4.14. The van der Waals surface area contributed by atoms with Gasteiger partial charge in [-0.25, -0.2) is 19.9 Å². The Morgan fingerprint density at radius 1 is 1.16 bits per heavy atom. The van der Waals surface area contributed by atoms with Gasteiger partial charge in [0.2, 0.25) is 11.9 Å². The van der Waals surface area contributed by atoms with Crippen molar-refractivity contribution in [2.75, 3.05) is 25.0 Å². The summed E-state index contributed by atoms with van der Waals surface area (Å²) in [5, 5.41) is 12.1. The zero-order valence-corrected chi connectivity index (χ0v) is 14.7. The van der Waals surface area contributed by atoms with E-state index in [0.29, 0.717) is 30.7 Å².